The van der Waals surface area contributed by atoms with Gasteiger partial charge in [-0.05, 0) is 24.3 Å². The number of carbonyl (C=O) groups is 2. The molecule has 25 heavy (non-hydrogen) atoms. The Labute approximate surface area is 154 Å². The number of aliphatic carboxylic acids is 1. The van der Waals surface area contributed by atoms with Gasteiger partial charge in [0.25, 0.3) is 5.91 Å². The summed E-state index contributed by atoms with van der Waals surface area (Å²) in [6.07, 6.45) is 0. The van der Waals surface area contributed by atoms with Crippen LogP contribution in [0.15, 0.2) is 48.5 Å². The zero-order valence-corrected chi connectivity index (χ0v) is 14.9. The number of benzene rings is 2. The number of nitrogens with zero attached hydrogens (tertiary/aromatic N) is 1. The van der Waals surface area contributed by atoms with Gasteiger partial charge in [-0.25, -0.2) is 0 Å². The van der Waals surface area contributed by atoms with Crippen molar-refractivity contribution in [3.63, 3.8) is 0 Å². The predicted octanol–water partition coefficient (Wildman–Crippen LogP) is 2.35. The second-order valence-electron chi connectivity index (χ2n) is 5.49. The maximum atomic E-state index is 13.0. The van der Waals surface area contributed by atoms with Crippen molar-refractivity contribution in [3.8, 4) is 5.75 Å². The highest BCUT2D eigenvalue weighted by Gasteiger charge is 2.40. The van der Waals surface area contributed by atoms with Crippen LogP contribution in [0.5, 0.6) is 5.75 Å². The van der Waals surface area contributed by atoms with E-state index in [-0.39, 0.29) is 5.75 Å². The van der Waals surface area contributed by atoms with E-state index in [0.717, 1.165) is 0 Å². The van der Waals surface area contributed by atoms with Gasteiger partial charge in [0.1, 0.15) is 11.1 Å². The quantitative estimate of drug-likeness (QED) is 0.819. The molecule has 3 rings (SSSR count). The molecule has 7 heteroatoms. The number of halogens is 1. The van der Waals surface area contributed by atoms with Gasteiger partial charge in [-0.1, -0.05) is 35.9 Å². The van der Waals surface area contributed by atoms with Crippen molar-refractivity contribution in [2.45, 2.75) is 11.4 Å². The van der Waals surface area contributed by atoms with Gasteiger partial charge >= 0.3 is 0 Å². The third kappa shape index (κ3) is 3.45. The molecule has 0 bridgehead atoms. The largest absolute Gasteiger partial charge is 0.548 e. The number of carbonyl (C=O) groups excluding carboxylic acids is 2. The minimum Gasteiger partial charge on any atom is -0.548 e. The van der Waals surface area contributed by atoms with Crippen molar-refractivity contribution in [1.29, 1.82) is 0 Å². The van der Waals surface area contributed by atoms with Gasteiger partial charge in [0.2, 0.25) is 0 Å². The van der Waals surface area contributed by atoms with Gasteiger partial charge < -0.3 is 19.5 Å². The lowest BCUT2D eigenvalue weighted by molar-refractivity contribution is -0.310. The van der Waals surface area contributed by atoms with Crippen molar-refractivity contribution >= 4 is 35.2 Å². The number of methoxy groups -OCH3 is 1. The van der Waals surface area contributed by atoms with Crippen LogP contribution in [0.1, 0.15) is 21.3 Å². The summed E-state index contributed by atoms with van der Waals surface area (Å²) in [5.41, 5.74) is 1.05. The van der Waals surface area contributed by atoms with E-state index in [4.69, 9.17) is 16.3 Å². The van der Waals surface area contributed by atoms with Crippen molar-refractivity contribution in [3.05, 3.63) is 64.7 Å². The lowest BCUT2D eigenvalue weighted by atomic mass is 10.1. The third-order valence-corrected chi connectivity index (χ3v) is 5.64. The van der Waals surface area contributed by atoms with Crippen LogP contribution in [0.2, 0.25) is 5.02 Å². The predicted molar refractivity (Wildman–Crippen MR) is 94.6 cm³/mol. The molecule has 1 heterocycles. The molecule has 1 saturated heterocycles. The first-order chi connectivity index (χ1) is 12.0. The van der Waals surface area contributed by atoms with Gasteiger partial charge in [-0.3, -0.25) is 4.79 Å². The topological polar surface area (TPSA) is 69.7 Å². The fraction of sp³-hybridized carbons (Fsp3) is 0.222. The van der Waals surface area contributed by atoms with Crippen molar-refractivity contribution in [1.82, 2.24) is 4.90 Å². The highest BCUT2D eigenvalue weighted by molar-refractivity contribution is 7.99. The Morgan fingerprint density at radius 3 is 2.68 bits per heavy atom. The van der Waals surface area contributed by atoms with Gasteiger partial charge in [0, 0.05) is 21.9 Å². The number of ether oxygens (including phenoxy) is 1. The average Bonchev–Trinajstić information content (AvgIpc) is 3.06. The van der Waals surface area contributed by atoms with Crippen molar-refractivity contribution in [2.75, 3.05) is 12.9 Å². The van der Waals surface area contributed by atoms with E-state index in [1.807, 2.05) is 6.07 Å². The standard InChI is InChI=1S/C18H16ClNO4S/c1-24-12-6-4-5-11(9-12)16(21)20-15(18(22)23)10-25-17(20)13-7-2-3-8-14(13)19/h2-9,15,17H,10H2,1H3,(H,22,23)/p-1/t15-,17-/m0/s1. The first kappa shape index (κ1) is 17.6. The molecule has 0 aromatic heterocycles. The van der Waals surface area contributed by atoms with E-state index in [2.05, 4.69) is 0 Å². The van der Waals surface area contributed by atoms with Crippen molar-refractivity contribution < 1.29 is 19.4 Å². The van der Waals surface area contributed by atoms with E-state index in [0.29, 0.717) is 21.9 Å². The van der Waals surface area contributed by atoms with Crippen LogP contribution in [0.25, 0.3) is 0 Å². The molecule has 1 aliphatic rings. The maximum absolute atomic E-state index is 13.0. The van der Waals surface area contributed by atoms with Crippen molar-refractivity contribution in [2.24, 2.45) is 0 Å². The summed E-state index contributed by atoms with van der Waals surface area (Å²) in [6, 6.07) is 12.7. The van der Waals surface area contributed by atoms with E-state index < -0.39 is 23.3 Å². The Morgan fingerprint density at radius 2 is 2.00 bits per heavy atom. The van der Waals surface area contributed by atoms with Crippen LogP contribution in [0.4, 0.5) is 0 Å². The third-order valence-electron chi connectivity index (χ3n) is 3.99. The molecule has 2 aromatic rings. The van der Waals surface area contributed by atoms with Crippen LogP contribution in [-0.2, 0) is 4.79 Å². The molecule has 0 unspecified atom stereocenters. The second-order valence-corrected chi connectivity index (χ2v) is 7.01. The Balaban J connectivity index is 2.01. The maximum Gasteiger partial charge on any atom is 0.255 e. The monoisotopic (exact) mass is 376 g/mol. The molecule has 0 aliphatic carbocycles. The molecule has 2 aromatic carbocycles. The molecular weight excluding hydrogens is 362 g/mol. The second kappa shape index (κ2) is 7.37. The Morgan fingerprint density at radius 1 is 1.24 bits per heavy atom. The highest BCUT2D eigenvalue weighted by Crippen LogP contribution is 2.44. The SMILES string of the molecule is COc1cccc(C(=O)N2[C@H](C(=O)[O-])CS[C@H]2c2ccccc2Cl)c1. The van der Waals surface area contributed by atoms with Gasteiger partial charge in [0.05, 0.1) is 19.1 Å². The summed E-state index contributed by atoms with van der Waals surface area (Å²) in [7, 11) is 1.51. The molecule has 5 nitrogen and oxygen atoms in total. The Hall–Kier alpha value is -2.18. The highest BCUT2D eigenvalue weighted by atomic mass is 35.5. The molecule has 0 N–H and O–H groups in total. The average molecular weight is 377 g/mol. The fourth-order valence-corrected chi connectivity index (χ4v) is 4.51. The lowest BCUT2D eigenvalue weighted by Crippen LogP contribution is -2.49. The van der Waals surface area contributed by atoms with Crippen LogP contribution in [0, 0.1) is 0 Å². The Bertz CT molecular complexity index is 813. The molecule has 0 radical (unpaired) electrons. The van der Waals surface area contributed by atoms with E-state index >= 15 is 0 Å². The molecule has 2 atom stereocenters. The summed E-state index contributed by atoms with van der Waals surface area (Å²) in [4.78, 5) is 25.9. The van der Waals surface area contributed by atoms with E-state index in [1.165, 1.54) is 23.8 Å². The summed E-state index contributed by atoms with van der Waals surface area (Å²) in [6.45, 7) is 0. The summed E-state index contributed by atoms with van der Waals surface area (Å²) in [5, 5.41) is 11.6. The number of hydrogen-bond donors (Lipinski definition) is 0. The smallest absolute Gasteiger partial charge is 0.255 e. The minimum atomic E-state index is -1.28. The number of hydrogen-bond acceptors (Lipinski definition) is 5. The summed E-state index contributed by atoms with van der Waals surface area (Å²) < 4.78 is 5.15. The van der Waals surface area contributed by atoms with E-state index in [1.54, 1.807) is 42.5 Å². The molecule has 1 amide bonds. The number of rotatable bonds is 4. The van der Waals surface area contributed by atoms with Crippen LogP contribution in [-0.4, -0.2) is 35.7 Å². The molecule has 130 valence electrons. The normalized spacial score (nSPS) is 19.7. The molecule has 0 spiro atoms. The zero-order chi connectivity index (χ0) is 18.0. The number of thioether (sulfide) groups is 1. The van der Waals surface area contributed by atoms with E-state index in [9.17, 15) is 14.7 Å². The molecule has 1 fully saturated rings. The molecular formula is C18H15ClNO4S-. The number of carboxylic acid groups (broad SMARTS) is 1. The zero-order valence-electron chi connectivity index (χ0n) is 13.3. The molecule has 1 aliphatic heterocycles. The summed E-state index contributed by atoms with van der Waals surface area (Å²) >= 11 is 7.62. The lowest BCUT2D eigenvalue weighted by Gasteiger charge is -2.30. The van der Waals surface area contributed by atoms with Gasteiger partial charge in [-0.15, -0.1) is 11.8 Å². The summed E-state index contributed by atoms with van der Waals surface area (Å²) in [5.74, 6) is -0.910. The minimum absolute atomic E-state index is 0.244. The van der Waals surface area contributed by atoms with Gasteiger partial charge in [-0.2, -0.15) is 0 Å². The molecule has 0 saturated carbocycles. The number of carboxylic acids is 1. The van der Waals surface area contributed by atoms with Crippen LogP contribution >= 0.6 is 23.4 Å². The first-order valence-electron chi connectivity index (χ1n) is 7.56. The Kier molecular flexibility index (Phi) is 5.20. The fourth-order valence-electron chi connectivity index (χ4n) is 2.76. The van der Waals surface area contributed by atoms with Gasteiger partial charge in [0.15, 0.2) is 0 Å². The van der Waals surface area contributed by atoms with Crippen LogP contribution in [0.3, 0.4) is 0 Å². The number of amides is 1. The van der Waals surface area contributed by atoms with Crippen LogP contribution < -0.4 is 9.84 Å². The first-order valence-corrected chi connectivity index (χ1v) is 8.99.